The van der Waals surface area contributed by atoms with Crippen molar-refractivity contribution in [3.8, 4) is 5.75 Å². The average molecular weight is 289 g/mol. The fraction of sp³-hybridized carbons (Fsp3) is 0.667. The van der Waals surface area contributed by atoms with E-state index in [2.05, 4.69) is 37.4 Å². The third-order valence-corrected chi connectivity index (χ3v) is 4.79. The van der Waals surface area contributed by atoms with Gasteiger partial charge in [0.1, 0.15) is 5.75 Å². The highest BCUT2D eigenvalue weighted by Gasteiger charge is 2.36. The van der Waals surface area contributed by atoms with Crippen molar-refractivity contribution in [2.45, 2.75) is 51.7 Å². The lowest BCUT2D eigenvalue weighted by Gasteiger charge is -2.29. The Hall–Kier alpha value is -1.06. The summed E-state index contributed by atoms with van der Waals surface area (Å²) < 4.78 is 11.9. The molecule has 0 amide bonds. The van der Waals surface area contributed by atoms with Crippen molar-refractivity contribution in [1.82, 2.24) is 5.32 Å². The number of rotatable bonds is 6. The van der Waals surface area contributed by atoms with E-state index in [-0.39, 0.29) is 0 Å². The van der Waals surface area contributed by atoms with Crippen LogP contribution in [0.15, 0.2) is 18.2 Å². The van der Waals surface area contributed by atoms with Crippen LogP contribution >= 0.6 is 0 Å². The second-order valence-electron chi connectivity index (χ2n) is 6.14. The highest BCUT2D eigenvalue weighted by molar-refractivity contribution is 5.46. The summed E-state index contributed by atoms with van der Waals surface area (Å²) in [6, 6.07) is 6.97. The Bertz CT molecular complexity index is 474. The van der Waals surface area contributed by atoms with Crippen molar-refractivity contribution in [3.63, 3.8) is 0 Å². The quantitative estimate of drug-likeness (QED) is 0.869. The summed E-state index contributed by atoms with van der Waals surface area (Å²) in [5.41, 5.74) is 2.70. The molecule has 3 atom stereocenters. The standard InChI is InChI=1S/C18H27NO2/c1-3-10-19-17(14-9-12-20-16(14)4-2)15-7-5-6-13-8-11-21-18(13)15/h5-7,14,16-17,19H,3-4,8-12H2,1-2H3. The van der Waals surface area contributed by atoms with Gasteiger partial charge in [0.05, 0.1) is 12.7 Å². The molecule has 3 rings (SSSR count). The van der Waals surface area contributed by atoms with Crippen LogP contribution in [-0.4, -0.2) is 25.9 Å². The molecule has 1 fully saturated rings. The molecule has 0 spiro atoms. The van der Waals surface area contributed by atoms with Gasteiger partial charge in [0.2, 0.25) is 0 Å². The smallest absolute Gasteiger partial charge is 0.127 e. The average Bonchev–Trinajstić information content (AvgIpc) is 3.16. The first-order chi connectivity index (χ1) is 10.3. The molecule has 2 aliphatic rings. The number of ether oxygens (including phenoxy) is 2. The van der Waals surface area contributed by atoms with Crippen LogP contribution in [0, 0.1) is 5.92 Å². The van der Waals surface area contributed by atoms with E-state index in [9.17, 15) is 0 Å². The minimum absolute atomic E-state index is 0.352. The summed E-state index contributed by atoms with van der Waals surface area (Å²) in [5, 5.41) is 3.76. The summed E-state index contributed by atoms with van der Waals surface area (Å²) in [5.74, 6) is 1.69. The van der Waals surface area contributed by atoms with Crippen molar-refractivity contribution in [3.05, 3.63) is 29.3 Å². The number of hydrogen-bond acceptors (Lipinski definition) is 3. The normalized spacial score (nSPS) is 25.6. The van der Waals surface area contributed by atoms with Crippen LogP contribution in [0.25, 0.3) is 0 Å². The molecular formula is C18H27NO2. The Morgan fingerprint density at radius 3 is 3.00 bits per heavy atom. The molecule has 0 bridgehead atoms. The lowest BCUT2D eigenvalue weighted by molar-refractivity contribution is 0.0771. The van der Waals surface area contributed by atoms with Gasteiger partial charge in [-0.1, -0.05) is 32.0 Å². The number of para-hydroxylation sites is 1. The molecule has 0 aromatic heterocycles. The molecule has 1 aromatic carbocycles. The molecule has 3 heteroatoms. The van der Waals surface area contributed by atoms with Crippen LogP contribution in [0.2, 0.25) is 0 Å². The van der Waals surface area contributed by atoms with Crippen molar-refractivity contribution < 1.29 is 9.47 Å². The first-order valence-corrected chi connectivity index (χ1v) is 8.44. The summed E-state index contributed by atoms with van der Waals surface area (Å²) in [6.45, 7) is 7.21. The van der Waals surface area contributed by atoms with E-state index < -0.39 is 0 Å². The molecule has 0 saturated carbocycles. The molecule has 1 aromatic rings. The first-order valence-electron chi connectivity index (χ1n) is 8.44. The minimum Gasteiger partial charge on any atom is -0.493 e. The second kappa shape index (κ2) is 6.80. The summed E-state index contributed by atoms with van der Waals surface area (Å²) >= 11 is 0. The Kier molecular flexibility index (Phi) is 4.81. The molecule has 3 unspecified atom stereocenters. The van der Waals surface area contributed by atoms with Crippen LogP contribution in [0.5, 0.6) is 5.75 Å². The molecular weight excluding hydrogens is 262 g/mol. The third kappa shape index (κ3) is 2.95. The number of fused-ring (bicyclic) bond motifs is 1. The van der Waals surface area contributed by atoms with Gasteiger partial charge in [0, 0.05) is 30.6 Å². The van der Waals surface area contributed by atoms with E-state index in [4.69, 9.17) is 9.47 Å². The maximum Gasteiger partial charge on any atom is 0.127 e. The molecule has 116 valence electrons. The molecule has 1 N–H and O–H groups in total. The van der Waals surface area contributed by atoms with Crippen molar-refractivity contribution >= 4 is 0 Å². The van der Waals surface area contributed by atoms with E-state index in [1.807, 2.05) is 0 Å². The maximum absolute atomic E-state index is 5.94. The van der Waals surface area contributed by atoms with Gasteiger partial charge in [-0.05, 0) is 31.4 Å². The van der Waals surface area contributed by atoms with Crippen LogP contribution in [-0.2, 0) is 11.2 Å². The Morgan fingerprint density at radius 2 is 2.19 bits per heavy atom. The summed E-state index contributed by atoms with van der Waals surface area (Å²) in [6.07, 6.45) is 4.80. The van der Waals surface area contributed by atoms with E-state index >= 15 is 0 Å². The SMILES string of the molecule is CCCNC(c1cccc2c1OCC2)C1CCOC1CC. The fourth-order valence-electron chi connectivity index (χ4n) is 3.74. The van der Waals surface area contributed by atoms with Crippen molar-refractivity contribution in [2.75, 3.05) is 19.8 Å². The molecule has 0 aliphatic carbocycles. The van der Waals surface area contributed by atoms with Gasteiger partial charge in [-0.15, -0.1) is 0 Å². The molecule has 2 heterocycles. The third-order valence-electron chi connectivity index (χ3n) is 4.79. The van der Waals surface area contributed by atoms with Crippen LogP contribution in [0.1, 0.15) is 50.3 Å². The monoisotopic (exact) mass is 289 g/mol. The number of nitrogens with one attached hydrogen (secondary N) is 1. The van der Waals surface area contributed by atoms with Crippen LogP contribution < -0.4 is 10.1 Å². The highest BCUT2D eigenvalue weighted by atomic mass is 16.5. The fourth-order valence-corrected chi connectivity index (χ4v) is 3.74. The van der Waals surface area contributed by atoms with Gasteiger partial charge < -0.3 is 14.8 Å². The van der Waals surface area contributed by atoms with Crippen LogP contribution in [0.4, 0.5) is 0 Å². The van der Waals surface area contributed by atoms with Crippen molar-refractivity contribution in [1.29, 1.82) is 0 Å². The van der Waals surface area contributed by atoms with E-state index in [0.29, 0.717) is 18.1 Å². The van der Waals surface area contributed by atoms with Crippen molar-refractivity contribution in [2.24, 2.45) is 5.92 Å². The van der Waals surface area contributed by atoms with Gasteiger partial charge in [-0.2, -0.15) is 0 Å². The zero-order valence-corrected chi connectivity index (χ0v) is 13.2. The van der Waals surface area contributed by atoms with Gasteiger partial charge >= 0.3 is 0 Å². The van der Waals surface area contributed by atoms with Gasteiger partial charge in [0.25, 0.3) is 0 Å². The molecule has 2 aliphatic heterocycles. The number of hydrogen-bond donors (Lipinski definition) is 1. The predicted molar refractivity (Wildman–Crippen MR) is 84.8 cm³/mol. The minimum atomic E-state index is 0.352. The largest absolute Gasteiger partial charge is 0.493 e. The summed E-state index contributed by atoms with van der Waals surface area (Å²) in [7, 11) is 0. The molecule has 3 nitrogen and oxygen atoms in total. The van der Waals surface area contributed by atoms with E-state index in [0.717, 1.165) is 51.2 Å². The van der Waals surface area contributed by atoms with Gasteiger partial charge in [0.15, 0.2) is 0 Å². The Labute approximate surface area is 128 Å². The Morgan fingerprint density at radius 1 is 1.29 bits per heavy atom. The Balaban J connectivity index is 1.90. The molecule has 21 heavy (non-hydrogen) atoms. The lowest BCUT2D eigenvalue weighted by Crippen LogP contribution is -2.33. The summed E-state index contributed by atoms with van der Waals surface area (Å²) in [4.78, 5) is 0. The zero-order chi connectivity index (χ0) is 14.7. The topological polar surface area (TPSA) is 30.5 Å². The van der Waals surface area contributed by atoms with Gasteiger partial charge in [-0.25, -0.2) is 0 Å². The first kappa shape index (κ1) is 14.9. The van der Waals surface area contributed by atoms with Crippen LogP contribution in [0.3, 0.4) is 0 Å². The zero-order valence-electron chi connectivity index (χ0n) is 13.2. The predicted octanol–water partition coefficient (Wildman–Crippen LogP) is 3.48. The lowest BCUT2D eigenvalue weighted by atomic mass is 9.85. The van der Waals surface area contributed by atoms with E-state index in [1.54, 1.807) is 0 Å². The molecule has 0 radical (unpaired) electrons. The number of benzene rings is 1. The molecule has 1 saturated heterocycles. The van der Waals surface area contributed by atoms with Gasteiger partial charge in [-0.3, -0.25) is 0 Å². The maximum atomic E-state index is 5.94. The highest BCUT2D eigenvalue weighted by Crippen LogP contribution is 2.41. The van der Waals surface area contributed by atoms with E-state index in [1.165, 1.54) is 11.1 Å². The second-order valence-corrected chi connectivity index (χ2v) is 6.14.